The molecule has 0 radical (unpaired) electrons. The summed E-state index contributed by atoms with van der Waals surface area (Å²) in [5, 5.41) is 3.61. The van der Waals surface area contributed by atoms with E-state index < -0.39 is 11.0 Å². The number of benzene rings is 2. The van der Waals surface area contributed by atoms with Crippen LogP contribution in [0.3, 0.4) is 0 Å². The van der Waals surface area contributed by atoms with Crippen molar-refractivity contribution in [3.05, 3.63) is 59.2 Å². The molecular weight excluding hydrogens is 348 g/mol. The largest absolute Gasteiger partial charge is 0.465 e. The zero-order chi connectivity index (χ0) is 18.9. The first-order valence-corrected chi connectivity index (χ1v) is 10.0. The molecule has 2 aromatic carbocycles. The van der Waals surface area contributed by atoms with Gasteiger partial charge in [0.2, 0.25) is 0 Å². The zero-order valence-electron chi connectivity index (χ0n) is 15.5. The lowest BCUT2D eigenvalue weighted by Gasteiger charge is -2.42. The third-order valence-corrected chi connectivity index (χ3v) is 5.29. The molecule has 2 aromatic rings. The van der Waals surface area contributed by atoms with Crippen LogP contribution in [-0.4, -0.2) is 23.5 Å². The minimum absolute atomic E-state index is 0.0474. The molecular formula is C20H24N2O3S. The fraction of sp³-hybridized carbons (Fsp3) is 0.350. The molecule has 5 nitrogen and oxygen atoms in total. The van der Waals surface area contributed by atoms with Gasteiger partial charge in [0.1, 0.15) is 11.0 Å². The van der Waals surface area contributed by atoms with Crippen LogP contribution >= 0.6 is 0 Å². The number of para-hydroxylation sites is 1. The Bertz CT molecular complexity index is 864. The van der Waals surface area contributed by atoms with Gasteiger partial charge in [-0.15, -0.1) is 0 Å². The summed E-state index contributed by atoms with van der Waals surface area (Å²) >= 11 is 0. The molecule has 0 fully saturated rings. The molecule has 0 aliphatic carbocycles. The van der Waals surface area contributed by atoms with Gasteiger partial charge < -0.3 is 14.8 Å². The Labute approximate surface area is 156 Å². The fourth-order valence-corrected chi connectivity index (χ4v) is 4.06. The van der Waals surface area contributed by atoms with Crippen molar-refractivity contribution in [2.45, 2.75) is 26.3 Å². The molecule has 2 atom stereocenters. The predicted octanol–water partition coefficient (Wildman–Crippen LogP) is 3.91. The normalized spacial score (nSPS) is 19.0. The Morgan fingerprint density at radius 1 is 1.27 bits per heavy atom. The fourth-order valence-electron chi connectivity index (χ4n) is 3.56. The van der Waals surface area contributed by atoms with Gasteiger partial charge >= 0.3 is 5.97 Å². The number of fused-ring (bicyclic) bond motifs is 1. The van der Waals surface area contributed by atoms with Gasteiger partial charge in [0.05, 0.1) is 24.4 Å². The van der Waals surface area contributed by atoms with E-state index in [0.29, 0.717) is 5.56 Å². The molecule has 1 heterocycles. The van der Waals surface area contributed by atoms with E-state index >= 15 is 0 Å². The highest BCUT2D eigenvalue weighted by Gasteiger charge is 2.37. The first kappa shape index (κ1) is 18.5. The Kier molecular flexibility index (Phi) is 5.05. The quantitative estimate of drug-likeness (QED) is 0.799. The van der Waals surface area contributed by atoms with E-state index in [1.807, 2.05) is 30.3 Å². The number of ether oxygens (including phenoxy) is 1. The summed E-state index contributed by atoms with van der Waals surface area (Å²) < 4.78 is 19.5. The number of carbonyl (C=O) groups excluding carboxylic acids is 1. The van der Waals surface area contributed by atoms with Gasteiger partial charge in [0.15, 0.2) is 0 Å². The number of hydrogen-bond acceptors (Lipinski definition) is 4. The zero-order valence-corrected chi connectivity index (χ0v) is 16.3. The van der Waals surface area contributed by atoms with Crippen LogP contribution in [0.25, 0.3) is 0 Å². The summed E-state index contributed by atoms with van der Waals surface area (Å²) in [6, 6.07) is 13.6. The van der Waals surface area contributed by atoms with Gasteiger partial charge in [0.25, 0.3) is 0 Å². The summed E-state index contributed by atoms with van der Waals surface area (Å²) in [7, 11) is 0.251. The second kappa shape index (κ2) is 7.11. The lowest BCUT2D eigenvalue weighted by Crippen LogP contribution is -2.35. The van der Waals surface area contributed by atoms with Crippen LogP contribution in [0.2, 0.25) is 0 Å². The predicted molar refractivity (Wildman–Crippen MR) is 106 cm³/mol. The first-order valence-electron chi connectivity index (χ1n) is 8.48. The third kappa shape index (κ3) is 3.60. The molecule has 138 valence electrons. The van der Waals surface area contributed by atoms with Gasteiger partial charge in [-0.1, -0.05) is 32.0 Å². The van der Waals surface area contributed by atoms with Crippen LogP contribution in [0.15, 0.2) is 42.5 Å². The van der Waals surface area contributed by atoms with Crippen molar-refractivity contribution in [1.29, 1.82) is 0 Å². The molecule has 1 aliphatic rings. The maximum Gasteiger partial charge on any atom is 0.337 e. The number of hydrogen-bond donors (Lipinski definition) is 2. The molecule has 26 heavy (non-hydrogen) atoms. The molecule has 3 rings (SSSR count). The summed E-state index contributed by atoms with van der Waals surface area (Å²) in [5.41, 5.74) is 4.51. The molecule has 0 bridgehead atoms. The molecule has 2 N–H and O–H groups in total. The van der Waals surface area contributed by atoms with E-state index in [1.165, 1.54) is 7.11 Å². The van der Waals surface area contributed by atoms with Crippen LogP contribution < -0.4 is 10.0 Å². The second-order valence-electron chi connectivity index (χ2n) is 7.25. The maximum absolute atomic E-state index is 11.8. The lowest BCUT2D eigenvalue weighted by atomic mass is 9.72. The Morgan fingerprint density at radius 3 is 2.69 bits per heavy atom. The topological polar surface area (TPSA) is 67.4 Å². The summed E-state index contributed by atoms with van der Waals surface area (Å²) in [6.07, 6.45) is 2.44. The Morgan fingerprint density at radius 2 is 2.00 bits per heavy atom. The summed E-state index contributed by atoms with van der Waals surface area (Å²) in [4.78, 5) is 11.8. The highest BCUT2D eigenvalue weighted by molar-refractivity contribution is 7.85. The number of nitrogens with one attached hydrogen (secondary N) is 2. The molecule has 0 spiro atoms. The number of methoxy groups -OCH3 is 1. The molecule has 2 unspecified atom stereocenters. The smallest absolute Gasteiger partial charge is 0.337 e. The Balaban J connectivity index is 2.00. The van der Waals surface area contributed by atoms with E-state index in [0.717, 1.165) is 28.9 Å². The van der Waals surface area contributed by atoms with Crippen LogP contribution in [0.5, 0.6) is 0 Å². The standard InChI is InChI=1S/C20H24N2O3S/c1-20(2)12-14-11-13(19(23)25-3)9-10-16(14)21-18(20)15-7-5-6-8-17(15)22-26(4)24/h5-11,18,21-22H,12H2,1-4H3. The van der Waals surface area contributed by atoms with Crippen LogP contribution in [0, 0.1) is 5.41 Å². The highest BCUT2D eigenvalue weighted by Crippen LogP contribution is 2.46. The van der Waals surface area contributed by atoms with Gasteiger partial charge in [-0.25, -0.2) is 9.00 Å². The van der Waals surface area contributed by atoms with Crippen molar-refractivity contribution in [3.63, 3.8) is 0 Å². The van der Waals surface area contributed by atoms with Crippen molar-refractivity contribution in [2.24, 2.45) is 5.41 Å². The van der Waals surface area contributed by atoms with E-state index in [-0.39, 0.29) is 17.4 Å². The average molecular weight is 372 g/mol. The molecule has 0 saturated carbocycles. The number of anilines is 2. The SMILES string of the molecule is COC(=O)c1ccc2c(c1)CC(C)(C)C(c1ccccc1NS(C)=O)N2. The lowest BCUT2D eigenvalue weighted by molar-refractivity contribution is 0.0600. The van der Waals surface area contributed by atoms with Gasteiger partial charge in [-0.2, -0.15) is 0 Å². The van der Waals surface area contributed by atoms with Gasteiger partial charge in [-0.05, 0) is 47.2 Å². The minimum atomic E-state index is -1.14. The van der Waals surface area contributed by atoms with Crippen LogP contribution in [-0.2, 0) is 22.1 Å². The van der Waals surface area contributed by atoms with E-state index in [4.69, 9.17) is 4.74 Å². The minimum Gasteiger partial charge on any atom is -0.465 e. The number of rotatable bonds is 4. The monoisotopic (exact) mass is 372 g/mol. The Hall–Kier alpha value is -2.34. The second-order valence-corrected chi connectivity index (χ2v) is 8.36. The van der Waals surface area contributed by atoms with Crippen molar-refractivity contribution in [3.8, 4) is 0 Å². The van der Waals surface area contributed by atoms with E-state index in [9.17, 15) is 9.00 Å². The van der Waals surface area contributed by atoms with Gasteiger partial charge in [-0.3, -0.25) is 0 Å². The van der Waals surface area contributed by atoms with Gasteiger partial charge in [0, 0.05) is 11.9 Å². The van der Waals surface area contributed by atoms with Crippen molar-refractivity contribution < 1.29 is 13.7 Å². The molecule has 1 aliphatic heterocycles. The average Bonchev–Trinajstić information content (AvgIpc) is 2.59. The number of carbonyl (C=O) groups is 1. The number of esters is 1. The van der Waals surface area contributed by atoms with E-state index in [1.54, 1.807) is 12.3 Å². The van der Waals surface area contributed by atoms with Crippen LogP contribution in [0.4, 0.5) is 11.4 Å². The summed E-state index contributed by atoms with van der Waals surface area (Å²) in [6.45, 7) is 4.39. The third-order valence-electron chi connectivity index (χ3n) is 4.78. The van der Waals surface area contributed by atoms with Crippen molar-refractivity contribution in [2.75, 3.05) is 23.4 Å². The maximum atomic E-state index is 11.8. The molecule has 0 saturated heterocycles. The molecule has 6 heteroatoms. The first-order chi connectivity index (χ1) is 12.3. The van der Waals surface area contributed by atoms with Crippen molar-refractivity contribution in [1.82, 2.24) is 0 Å². The van der Waals surface area contributed by atoms with Crippen molar-refractivity contribution >= 4 is 28.3 Å². The molecule has 0 amide bonds. The highest BCUT2D eigenvalue weighted by atomic mass is 32.2. The molecule has 0 aromatic heterocycles. The van der Waals surface area contributed by atoms with Crippen LogP contribution in [0.1, 0.15) is 41.4 Å². The summed E-state index contributed by atoms with van der Waals surface area (Å²) in [5.74, 6) is -0.326. The van der Waals surface area contributed by atoms with E-state index in [2.05, 4.69) is 30.0 Å².